The summed E-state index contributed by atoms with van der Waals surface area (Å²) in [5, 5.41) is 0. The van der Waals surface area contributed by atoms with Gasteiger partial charge in [-0.15, -0.1) is 0 Å². The Hall–Kier alpha value is -1.75. The van der Waals surface area contributed by atoms with Gasteiger partial charge < -0.3 is 4.90 Å². The van der Waals surface area contributed by atoms with Crippen molar-refractivity contribution in [2.75, 3.05) is 20.1 Å². The zero-order valence-corrected chi connectivity index (χ0v) is 17.2. The van der Waals surface area contributed by atoms with Crippen LogP contribution in [0.5, 0.6) is 0 Å². The monoisotopic (exact) mass is 383 g/mol. The van der Waals surface area contributed by atoms with E-state index in [9.17, 15) is 9.59 Å². The third-order valence-corrected chi connectivity index (χ3v) is 7.25. The fourth-order valence-electron chi connectivity index (χ4n) is 5.48. The second-order valence-electron chi connectivity index (χ2n) is 9.19. The highest BCUT2D eigenvalue weighted by Crippen LogP contribution is 2.46. The second kappa shape index (κ2) is 8.32. The van der Waals surface area contributed by atoms with Gasteiger partial charge in [-0.05, 0) is 69.2 Å². The van der Waals surface area contributed by atoms with E-state index in [-0.39, 0.29) is 17.2 Å². The van der Waals surface area contributed by atoms with Crippen molar-refractivity contribution in [1.82, 2.24) is 14.8 Å². The molecular formula is C23H33N3O2. The summed E-state index contributed by atoms with van der Waals surface area (Å²) in [7, 11) is 2.19. The number of imide groups is 1. The molecule has 0 aromatic carbocycles. The Labute approximate surface area is 168 Å². The molecule has 1 saturated heterocycles. The van der Waals surface area contributed by atoms with Crippen molar-refractivity contribution >= 4 is 11.8 Å². The summed E-state index contributed by atoms with van der Waals surface area (Å²) in [4.78, 5) is 33.6. The average molecular weight is 384 g/mol. The summed E-state index contributed by atoms with van der Waals surface area (Å²) in [6.45, 7) is 1.60. The maximum Gasteiger partial charge on any atom is 0.229 e. The lowest BCUT2D eigenvalue weighted by Crippen LogP contribution is -2.47. The predicted molar refractivity (Wildman–Crippen MR) is 109 cm³/mol. The highest BCUT2D eigenvalue weighted by Gasteiger charge is 2.44. The Bertz CT molecular complexity index is 706. The highest BCUT2D eigenvalue weighted by molar-refractivity contribution is 5.98. The first-order valence-electron chi connectivity index (χ1n) is 11.0. The molecule has 5 heteroatoms. The third-order valence-electron chi connectivity index (χ3n) is 7.25. The van der Waals surface area contributed by atoms with E-state index < -0.39 is 0 Å². The summed E-state index contributed by atoms with van der Waals surface area (Å²) < 4.78 is 0. The van der Waals surface area contributed by atoms with Crippen molar-refractivity contribution in [1.29, 1.82) is 0 Å². The van der Waals surface area contributed by atoms with E-state index in [0.29, 0.717) is 25.4 Å². The normalized spacial score (nSPS) is 24.2. The van der Waals surface area contributed by atoms with Crippen LogP contribution in [0.1, 0.15) is 69.0 Å². The maximum absolute atomic E-state index is 12.5. The summed E-state index contributed by atoms with van der Waals surface area (Å²) >= 11 is 0. The van der Waals surface area contributed by atoms with Crippen molar-refractivity contribution in [3.8, 4) is 0 Å². The number of fused-ring (bicyclic) bond motifs is 1. The van der Waals surface area contributed by atoms with E-state index >= 15 is 0 Å². The number of carbonyl (C=O) groups excluding carboxylic acids is 2. The number of aryl methyl sites for hydroxylation is 1. The number of pyridine rings is 1. The van der Waals surface area contributed by atoms with Crippen LogP contribution in [0.2, 0.25) is 0 Å². The zero-order chi connectivity index (χ0) is 19.6. The van der Waals surface area contributed by atoms with Crippen LogP contribution in [0.3, 0.4) is 0 Å². The van der Waals surface area contributed by atoms with Crippen molar-refractivity contribution in [2.24, 2.45) is 5.41 Å². The van der Waals surface area contributed by atoms with E-state index in [2.05, 4.69) is 23.0 Å². The van der Waals surface area contributed by atoms with Gasteiger partial charge in [0, 0.05) is 43.7 Å². The Kier molecular flexibility index (Phi) is 5.81. The smallest absolute Gasteiger partial charge is 0.229 e. The molecule has 2 heterocycles. The number of aromatic nitrogens is 1. The second-order valence-corrected chi connectivity index (χ2v) is 9.19. The minimum absolute atomic E-state index is 0.0101. The molecule has 1 aliphatic heterocycles. The van der Waals surface area contributed by atoms with Gasteiger partial charge in [0.1, 0.15) is 0 Å². The zero-order valence-electron chi connectivity index (χ0n) is 17.2. The molecule has 2 amide bonds. The minimum atomic E-state index is 0.0101. The van der Waals surface area contributed by atoms with Gasteiger partial charge in [0.2, 0.25) is 11.8 Å². The van der Waals surface area contributed by atoms with E-state index in [1.807, 2.05) is 12.3 Å². The Morgan fingerprint density at radius 2 is 1.93 bits per heavy atom. The molecule has 5 nitrogen and oxygen atoms in total. The molecule has 2 aliphatic carbocycles. The lowest BCUT2D eigenvalue weighted by molar-refractivity contribution is -0.153. The van der Waals surface area contributed by atoms with Crippen LogP contribution in [-0.4, -0.2) is 52.8 Å². The van der Waals surface area contributed by atoms with Crippen LogP contribution in [0.4, 0.5) is 0 Å². The average Bonchev–Trinajstić information content (AvgIpc) is 3.13. The first-order valence-corrected chi connectivity index (χ1v) is 11.0. The third kappa shape index (κ3) is 4.14. The Balaban J connectivity index is 1.21. The number of likely N-dealkylation sites (tertiary alicyclic amines) is 1. The summed E-state index contributed by atoms with van der Waals surface area (Å²) in [6, 6.07) is 4.77. The number of rotatable bonds is 6. The number of amides is 2. The molecule has 1 aromatic heterocycles. The molecule has 0 radical (unpaired) electrons. The molecular weight excluding hydrogens is 350 g/mol. The minimum Gasteiger partial charge on any atom is -0.303 e. The quantitative estimate of drug-likeness (QED) is 0.558. The maximum atomic E-state index is 12.5. The van der Waals surface area contributed by atoms with E-state index in [4.69, 9.17) is 0 Å². The standard InChI is InChI=1S/C23H33N3O2/c1-25(19-9-8-18-7-6-12-24-20(18)15-19)13-4-5-14-26-21(27)16-23(17-22(26)28)10-2-3-11-23/h6-7,12,19H,2-5,8-11,13-17H2,1H3. The highest BCUT2D eigenvalue weighted by atomic mass is 16.2. The van der Waals surface area contributed by atoms with Gasteiger partial charge in [-0.3, -0.25) is 19.5 Å². The number of nitrogens with zero attached hydrogens (tertiary/aromatic N) is 3. The van der Waals surface area contributed by atoms with Crippen LogP contribution >= 0.6 is 0 Å². The number of likely N-dealkylation sites (N-methyl/N-ethyl adjacent to an activating group) is 1. The van der Waals surface area contributed by atoms with Crippen molar-refractivity contribution in [3.05, 3.63) is 29.6 Å². The van der Waals surface area contributed by atoms with E-state index in [1.54, 1.807) is 4.90 Å². The molecule has 0 N–H and O–H groups in total. The fraction of sp³-hybridized carbons (Fsp3) is 0.696. The first-order chi connectivity index (χ1) is 13.6. The number of piperidine rings is 1. The molecule has 2 fully saturated rings. The summed E-state index contributed by atoms with van der Waals surface area (Å²) in [6.07, 6.45) is 12.8. The first kappa shape index (κ1) is 19.6. The summed E-state index contributed by atoms with van der Waals surface area (Å²) in [5.41, 5.74) is 2.65. The molecule has 1 spiro atoms. The van der Waals surface area contributed by atoms with Gasteiger partial charge in [-0.25, -0.2) is 0 Å². The van der Waals surface area contributed by atoms with E-state index in [0.717, 1.165) is 45.1 Å². The van der Waals surface area contributed by atoms with Gasteiger partial charge >= 0.3 is 0 Å². The Morgan fingerprint density at radius 1 is 1.18 bits per heavy atom. The van der Waals surface area contributed by atoms with Gasteiger partial charge in [0.05, 0.1) is 0 Å². The van der Waals surface area contributed by atoms with Gasteiger partial charge in [-0.2, -0.15) is 0 Å². The van der Waals surface area contributed by atoms with Crippen molar-refractivity contribution in [2.45, 2.75) is 76.7 Å². The predicted octanol–water partition coefficient (Wildman–Crippen LogP) is 3.36. The van der Waals surface area contributed by atoms with Crippen LogP contribution < -0.4 is 0 Å². The van der Waals surface area contributed by atoms with Crippen molar-refractivity contribution in [3.63, 3.8) is 0 Å². The van der Waals surface area contributed by atoms with Gasteiger partial charge in [-0.1, -0.05) is 18.9 Å². The van der Waals surface area contributed by atoms with Crippen LogP contribution in [-0.2, 0) is 22.4 Å². The molecule has 3 aliphatic rings. The van der Waals surface area contributed by atoms with Crippen LogP contribution in [0.25, 0.3) is 0 Å². The largest absolute Gasteiger partial charge is 0.303 e. The number of hydrogen-bond donors (Lipinski definition) is 0. The lowest BCUT2D eigenvalue weighted by Gasteiger charge is -2.37. The molecule has 1 atom stereocenters. The van der Waals surface area contributed by atoms with Gasteiger partial charge in [0.25, 0.3) is 0 Å². The number of unbranched alkanes of at least 4 members (excludes halogenated alkanes) is 1. The molecule has 0 bridgehead atoms. The fourth-order valence-corrected chi connectivity index (χ4v) is 5.48. The molecule has 4 rings (SSSR count). The molecule has 1 unspecified atom stereocenters. The lowest BCUT2D eigenvalue weighted by atomic mass is 9.76. The van der Waals surface area contributed by atoms with Crippen LogP contribution in [0.15, 0.2) is 18.3 Å². The van der Waals surface area contributed by atoms with Crippen LogP contribution in [0, 0.1) is 5.41 Å². The SMILES string of the molecule is CN(CCCCN1C(=O)CC2(CCCC2)CC1=O)C1CCc2cccnc2C1. The van der Waals surface area contributed by atoms with Gasteiger partial charge in [0.15, 0.2) is 0 Å². The summed E-state index contributed by atoms with van der Waals surface area (Å²) in [5.74, 6) is 0.142. The molecule has 1 saturated carbocycles. The molecule has 1 aromatic rings. The van der Waals surface area contributed by atoms with E-state index in [1.165, 1.54) is 30.5 Å². The number of hydrogen-bond acceptors (Lipinski definition) is 4. The topological polar surface area (TPSA) is 53.5 Å². The van der Waals surface area contributed by atoms with Crippen molar-refractivity contribution < 1.29 is 9.59 Å². The number of carbonyl (C=O) groups is 2. The molecule has 28 heavy (non-hydrogen) atoms. The Morgan fingerprint density at radius 3 is 2.68 bits per heavy atom. The molecule has 152 valence electrons.